The molecule has 1 amide bonds. The van der Waals surface area contributed by atoms with E-state index in [-0.39, 0.29) is 30.5 Å². The van der Waals surface area contributed by atoms with E-state index < -0.39 is 21.3 Å². The molecule has 0 aliphatic carbocycles. The zero-order valence-corrected chi connectivity index (χ0v) is 22.5. The molecule has 3 aliphatic rings. The largest absolute Gasteiger partial charge is 0.380 e. The van der Waals surface area contributed by atoms with Crippen LogP contribution in [0.25, 0.3) is 10.8 Å². The van der Waals surface area contributed by atoms with E-state index in [1.54, 1.807) is 47.5 Å². The van der Waals surface area contributed by atoms with Gasteiger partial charge in [-0.2, -0.15) is 4.31 Å². The minimum Gasteiger partial charge on any atom is -0.380 e. The third-order valence-electron chi connectivity index (χ3n) is 7.73. The molecule has 2 aromatic carbocycles. The molecule has 4 heterocycles. The summed E-state index contributed by atoms with van der Waals surface area (Å²) in [5.74, 6) is 0.558. The lowest BCUT2D eigenvalue weighted by atomic mass is 9.91. The smallest absolute Gasteiger partial charge is 0.243 e. The van der Waals surface area contributed by atoms with Crippen LogP contribution in [0.2, 0.25) is 5.02 Å². The minimum atomic E-state index is -3.98. The van der Waals surface area contributed by atoms with Gasteiger partial charge in [0.05, 0.1) is 36.7 Å². The fourth-order valence-corrected chi connectivity index (χ4v) is 7.50. The number of halogens is 1. The van der Waals surface area contributed by atoms with Gasteiger partial charge in [-0.3, -0.25) is 4.79 Å². The van der Waals surface area contributed by atoms with Gasteiger partial charge in [-0.25, -0.2) is 18.4 Å². The van der Waals surface area contributed by atoms with Crippen LogP contribution in [0.1, 0.15) is 12.8 Å². The van der Waals surface area contributed by atoms with E-state index in [2.05, 4.69) is 14.9 Å². The van der Waals surface area contributed by atoms with Gasteiger partial charge in [0.15, 0.2) is 5.72 Å². The van der Waals surface area contributed by atoms with Crippen molar-refractivity contribution in [2.75, 3.05) is 51.3 Å². The molecule has 0 saturated carbocycles. The number of piperidine rings is 1. The summed E-state index contributed by atoms with van der Waals surface area (Å²) < 4.78 is 41.0. The fourth-order valence-electron chi connectivity index (χ4n) is 5.85. The SMILES string of the molecule is COCC12CN(S(=O)(=O)c3ccc4cc(Cl)ccc4c3)CC(=O)N1CC1(CCN(c3ccncn3)CC1)O2. The number of piperazine rings is 1. The number of nitrogens with zero attached hydrogens (tertiary/aromatic N) is 5. The summed E-state index contributed by atoms with van der Waals surface area (Å²) >= 11 is 6.08. The molecule has 10 nitrogen and oxygen atoms in total. The number of carbonyl (C=O) groups excluding carboxylic acids is 1. The van der Waals surface area contributed by atoms with E-state index in [0.717, 1.165) is 16.6 Å². The van der Waals surface area contributed by atoms with Crippen LogP contribution in [0.3, 0.4) is 0 Å². The van der Waals surface area contributed by atoms with Gasteiger partial charge in [-0.05, 0) is 53.9 Å². The zero-order valence-electron chi connectivity index (χ0n) is 20.9. The molecular weight excluding hydrogens is 530 g/mol. The first kappa shape index (κ1) is 25.4. The molecule has 3 saturated heterocycles. The molecule has 0 N–H and O–H groups in total. The van der Waals surface area contributed by atoms with Crippen LogP contribution in [0.5, 0.6) is 0 Å². The Bertz CT molecular complexity index is 1480. The van der Waals surface area contributed by atoms with E-state index >= 15 is 0 Å². The Labute approximate surface area is 226 Å². The van der Waals surface area contributed by atoms with Crippen molar-refractivity contribution >= 4 is 44.1 Å². The highest BCUT2D eigenvalue weighted by molar-refractivity contribution is 7.89. The fraction of sp³-hybridized carbons (Fsp3) is 0.423. The molecule has 6 rings (SSSR count). The van der Waals surface area contributed by atoms with Crippen LogP contribution in [-0.4, -0.2) is 91.3 Å². The van der Waals surface area contributed by atoms with Crippen molar-refractivity contribution in [2.24, 2.45) is 0 Å². The van der Waals surface area contributed by atoms with Crippen LogP contribution in [0.15, 0.2) is 59.9 Å². The topological polar surface area (TPSA) is 105 Å². The normalized spacial score (nSPS) is 23.8. The molecule has 200 valence electrons. The molecule has 3 aliphatic heterocycles. The van der Waals surface area contributed by atoms with Crippen LogP contribution in [0.4, 0.5) is 5.82 Å². The van der Waals surface area contributed by atoms with Crippen molar-refractivity contribution in [1.82, 2.24) is 19.2 Å². The maximum absolute atomic E-state index is 13.8. The summed E-state index contributed by atoms with van der Waals surface area (Å²) in [5, 5.41) is 2.16. The molecule has 12 heteroatoms. The summed E-state index contributed by atoms with van der Waals surface area (Å²) in [4.78, 5) is 25.7. The number of sulfonamides is 1. The third kappa shape index (κ3) is 4.32. The molecule has 38 heavy (non-hydrogen) atoms. The highest BCUT2D eigenvalue weighted by Crippen LogP contribution is 2.44. The Morgan fingerprint density at radius 3 is 2.58 bits per heavy atom. The molecule has 0 bridgehead atoms. The molecule has 1 aromatic heterocycles. The lowest BCUT2D eigenvalue weighted by Crippen LogP contribution is -2.65. The summed E-state index contributed by atoms with van der Waals surface area (Å²) in [5.41, 5.74) is -1.78. The first-order chi connectivity index (χ1) is 18.2. The standard InChI is InChI=1S/C26H28ClN5O5S/c1-36-17-26-16-31(38(34,35)22-5-3-19-12-21(27)4-2-20(19)13-22)14-24(33)32(26)15-25(37-26)7-10-30(11-8-25)23-6-9-28-18-29-23/h2-6,9,12-13,18H,7-8,10-11,14-17H2,1H3. The summed E-state index contributed by atoms with van der Waals surface area (Å²) in [7, 11) is -2.45. The number of hydrogen-bond acceptors (Lipinski definition) is 8. The lowest BCUT2D eigenvalue weighted by Gasteiger charge is -2.44. The van der Waals surface area contributed by atoms with Crippen LogP contribution in [-0.2, 0) is 24.3 Å². The van der Waals surface area contributed by atoms with E-state index in [1.165, 1.54) is 17.7 Å². The number of fused-ring (bicyclic) bond motifs is 2. The number of aromatic nitrogens is 2. The highest BCUT2D eigenvalue weighted by atomic mass is 35.5. The third-order valence-corrected chi connectivity index (χ3v) is 9.75. The van der Waals surface area contributed by atoms with E-state index in [9.17, 15) is 13.2 Å². The summed E-state index contributed by atoms with van der Waals surface area (Å²) in [6, 6.07) is 12.0. The van der Waals surface area contributed by atoms with E-state index in [0.29, 0.717) is 37.5 Å². The number of benzene rings is 2. The number of amides is 1. The predicted molar refractivity (Wildman–Crippen MR) is 141 cm³/mol. The van der Waals surface area contributed by atoms with Gasteiger partial charge in [-0.15, -0.1) is 0 Å². The number of hydrogen-bond donors (Lipinski definition) is 0. The number of methoxy groups -OCH3 is 1. The first-order valence-electron chi connectivity index (χ1n) is 12.4. The monoisotopic (exact) mass is 557 g/mol. The lowest BCUT2D eigenvalue weighted by molar-refractivity contribution is -0.194. The number of ether oxygens (including phenoxy) is 2. The Morgan fingerprint density at radius 1 is 1.08 bits per heavy atom. The van der Waals surface area contributed by atoms with Crippen LogP contribution < -0.4 is 4.90 Å². The maximum atomic E-state index is 13.8. The van der Waals surface area contributed by atoms with Crippen molar-refractivity contribution < 1.29 is 22.7 Å². The summed E-state index contributed by atoms with van der Waals surface area (Å²) in [6.45, 7) is 1.61. The van der Waals surface area contributed by atoms with Gasteiger partial charge in [0.25, 0.3) is 0 Å². The average molecular weight is 558 g/mol. The molecular formula is C26H28ClN5O5S. The minimum absolute atomic E-state index is 0.00899. The molecule has 1 spiro atoms. The predicted octanol–water partition coefficient (Wildman–Crippen LogP) is 2.53. The molecule has 1 unspecified atom stereocenters. The Balaban J connectivity index is 1.26. The quantitative estimate of drug-likeness (QED) is 0.471. The summed E-state index contributed by atoms with van der Waals surface area (Å²) in [6.07, 6.45) is 4.58. The molecule has 3 aromatic rings. The van der Waals surface area contributed by atoms with Gasteiger partial charge >= 0.3 is 0 Å². The second kappa shape index (κ2) is 9.42. The van der Waals surface area contributed by atoms with E-state index in [1.807, 2.05) is 6.07 Å². The second-order valence-electron chi connectivity index (χ2n) is 10.1. The molecule has 1 atom stereocenters. The van der Waals surface area contributed by atoms with E-state index in [4.69, 9.17) is 21.1 Å². The average Bonchev–Trinajstić information content (AvgIpc) is 3.23. The van der Waals surface area contributed by atoms with Gasteiger partial charge in [0.2, 0.25) is 15.9 Å². The van der Waals surface area contributed by atoms with Gasteiger partial charge in [-0.1, -0.05) is 23.7 Å². The number of rotatable bonds is 5. The Morgan fingerprint density at radius 2 is 1.84 bits per heavy atom. The van der Waals surface area contributed by atoms with Crippen molar-refractivity contribution in [2.45, 2.75) is 29.1 Å². The van der Waals surface area contributed by atoms with Gasteiger partial charge < -0.3 is 19.3 Å². The molecule has 3 fully saturated rings. The number of carbonyl (C=O) groups is 1. The number of anilines is 1. The highest BCUT2D eigenvalue weighted by Gasteiger charge is 2.60. The van der Waals surface area contributed by atoms with Crippen LogP contribution in [0, 0.1) is 0 Å². The first-order valence-corrected chi connectivity index (χ1v) is 14.3. The van der Waals surface area contributed by atoms with Crippen LogP contribution >= 0.6 is 11.6 Å². The maximum Gasteiger partial charge on any atom is 0.243 e. The Hall–Kier alpha value is -2.83. The Kier molecular flexibility index (Phi) is 6.31. The van der Waals surface area contributed by atoms with Gasteiger partial charge in [0.1, 0.15) is 12.1 Å². The zero-order chi connectivity index (χ0) is 26.5. The second-order valence-corrected chi connectivity index (χ2v) is 12.5. The van der Waals surface area contributed by atoms with Crippen molar-refractivity contribution in [3.8, 4) is 0 Å². The molecule has 0 radical (unpaired) electrons. The van der Waals surface area contributed by atoms with Crippen molar-refractivity contribution in [1.29, 1.82) is 0 Å². The van der Waals surface area contributed by atoms with Crippen molar-refractivity contribution in [3.63, 3.8) is 0 Å². The van der Waals surface area contributed by atoms with Gasteiger partial charge in [0, 0.05) is 31.4 Å². The van der Waals surface area contributed by atoms with Crippen molar-refractivity contribution in [3.05, 3.63) is 60.0 Å².